The third-order valence-electron chi connectivity index (χ3n) is 5.41. The van der Waals surface area contributed by atoms with Gasteiger partial charge in [-0.05, 0) is 61.2 Å². The third kappa shape index (κ3) is 5.40. The summed E-state index contributed by atoms with van der Waals surface area (Å²) >= 11 is 0. The molecule has 2 N–H and O–H groups in total. The molecule has 0 radical (unpaired) electrons. The van der Waals surface area contributed by atoms with Gasteiger partial charge in [-0.1, -0.05) is 12.1 Å². The standard InChI is InChI=1S/C24H24N4O4/c29-23(21-6-1-2-11-25-21)27-19-7-8-22(26-15-19)28-12-9-17(10-13-28)16-32-20-5-3-4-18(14-20)24(30)31/h1-8,11,14-15,17H,9-10,12-13,16H2,(H,27,29)(H,30,31). The summed E-state index contributed by atoms with van der Waals surface area (Å²) in [7, 11) is 0. The minimum Gasteiger partial charge on any atom is -0.493 e. The maximum absolute atomic E-state index is 12.2. The summed E-state index contributed by atoms with van der Waals surface area (Å²) in [5.41, 5.74) is 1.20. The number of aromatic carboxylic acids is 1. The van der Waals surface area contributed by atoms with Crippen LogP contribution in [0.1, 0.15) is 33.7 Å². The Bertz CT molecular complexity index is 1060. The van der Waals surface area contributed by atoms with E-state index in [1.165, 1.54) is 0 Å². The minimum absolute atomic E-state index is 0.225. The second-order valence-electron chi connectivity index (χ2n) is 7.65. The number of carbonyl (C=O) groups excluding carboxylic acids is 1. The number of hydrogen-bond acceptors (Lipinski definition) is 6. The zero-order chi connectivity index (χ0) is 22.3. The van der Waals surface area contributed by atoms with Crippen LogP contribution in [0.3, 0.4) is 0 Å². The summed E-state index contributed by atoms with van der Waals surface area (Å²) in [4.78, 5) is 34.0. The van der Waals surface area contributed by atoms with Gasteiger partial charge in [0.1, 0.15) is 17.3 Å². The Hall–Kier alpha value is -3.94. The lowest BCUT2D eigenvalue weighted by atomic mass is 9.98. The molecule has 1 aromatic carbocycles. The first-order valence-electron chi connectivity index (χ1n) is 10.5. The normalized spacial score (nSPS) is 14.1. The van der Waals surface area contributed by atoms with Crippen molar-refractivity contribution in [2.24, 2.45) is 5.92 Å². The second-order valence-corrected chi connectivity index (χ2v) is 7.65. The van der Waals surface area contributed by atoms with Crippen LogP contribution in [0.4, 0.5) is 11.5 Å². The molecule has 3 heterocycles. The maximum Gasteiger partial charge on any atom is 0.335 e. The molecule has 0 spiro atoms. The van der Waals surface area contributed by atoms with Gasteiger partial charge in [-0.2, -0.15) is 0 Å². The van der Waals surface area contributed by atoms with Gasteiger partial charge in [-0.3, -0.25) is 9.78 Å². The van der Waals surface area contributed by atoms with E-state index in [9.17, 15) is 9.59 Å². The van der Waals surface area contributed by atoms with Crippen LogP contribution in [0.15, 0.2) is 67.0 Å². The van der Waals surface area contributed by atoms with Crippen molar-refractivity contribution in [2.45, 2.75) is 12.8 Å². The van der Waals surface area contributed by atoms with Crippen LogP contribution in [0.2, 0.25) is 0 Å². The maximum atomic E-state index is 12.2. The molecule has 3 aromatic rings. The third-order valence-corrected chi connectivity index (χ3v) is 5.41. The Kier molecular flexibility index (Phi) is 6.60. The monoisotopic (exact) mass is 432 g/mol. The van der Waals surface area contributed by atoms with Gasteiger partial charge in [0.2, 0.25) is 0 Å². The first-order valence-corrected chi connectivity index (χ1v) is 10.5. The lowest BCUT2D eigenvalue weighted by Crippen LogP contribution is -2.36. The van der Waals surface area contributed by atoms with Crippen molar-refractivity contribution in [1.82, 2.24) is 9.97 Å². The van der Waals surface area contributed by atoms with Crippen molar-refractivity contribution >= 4 is 23.4 Å². The van der Waals surface area contributed by atoms with Crippen molar-refractivity contribution < 1.29 is 19.4 Å². The largest absolute Gasteiger partial charge is 0.493 e. The highest BCUT2D eigenvalue weighted by Crippen LogP contribution is 2.24. The summed E-state index contributed by atoms with van der Waals surface area (Å²) in [5, 5.41) is 11.9. The van der Waals surface area contributed by atoms with Gasteiger partial charge < -0.3 is 20.1 Å². The second kappa shape index (κ2) is 9.91. The van der Waals surface area contributed by atoms with Gasteiger partial charge in [0.25, 0.3) is 5.91 Å². The topological polar surface area (TPSA) is 105 Å². The predicted octanol–water partition coefficient (Wildman–Crippen LogP) is 3.72. The Morgan fingerprint density at radius 3 is 2.59 bits per heavy atom. The van der Waals surface area contributed by atoms with E-state index >= 15 is 0 Å². The fourth-order valence-corrected chi connectivity index (χ4v) is 3.60. The SMILES string of the molecule is O=C(O)c1cccc(OCC2CCN(c3ccc(NC(=O)c4ccccn4)cn3)CC2)c1. The number of nitrogens with one attached hydrogen (secondary N) is 1. The fourth-order valence-electron chi connectivity index (χ4n) is 3.60. The number of hydrogen-bond donors (Lipinski definition) is 2. The van der Waals surface area contributed by atoms with Crippen LogP contribution in [0, 0.1) is 5.92 Å². The molecule has 8 heteroatoms. The van der Waals surface area contributed by atoms with E-state index in [-0.39, 0.29) is 11.5 Å². The zero-order valence-corrected chi connectivity index (χ0v) is 17.5. The Morgan fingerprint density at radius 2 is 1.91 bits per heavy atom. The molecule has 0 saturated carbocycles. The van der Waals surface area contributed by atoms with Crippen LogP contribution < -0.4 is 15.0 Å². The number of carboxylic acid groups (broad SMARTS) is 1. The number of carbonyl (C=O) groups is 2. The van der Waals surface area contributed by atoms with Gasteiger partial charge in [-0.25, -0.2) is 9.78 Å². The first kappa shape index (κ1) is 21.3. The molecule has 164 valence electrons. The van der Waals surface area contributed by atoms with Gasteiger partial charge >= 0.3 is 5.97 Å². The molecule has 1 fully saturated rings. The highest BCUT2D eigenvalue weighted by Gasteiger charge is 2.21. The van der Waals surface area contributed by atoms with E-state index in [0.717, 1.165) is 31.7 Å². The van der Waals surface area contributed by atoms with Crippen LogP contribution >= 0.6 is 0 Å². The summed E-state index contributed by atoms with van der Waals surface area (Å²) in [6.45, 7) is 2.27. The summed E-state index contributed by atoms with van der Waals surface area (Å²) < 4.78 is 5.82. The van der Waals surface area contributed by atoms with Crippen LogP contribution in [0.25, 0.3) is 0 Å². The van der Waals surface area contributed by atoms with Crippen molar-refractivity contribution in [3.63, 3.8) is 0 Å². The highest BCUT2D eigenvalue weighted by molar-refractivity contribution is 6.02. The number of anilines is 2. The molecule has 1 aliphatic heterocycles. The molecule has 1 amide bonds. The molecule has 0 bridgehead atoms. The van der Waals surface area contributed by atoms with Crippen molar-refractivity contribution in [3.8, 4) is 5.75 Å². The number of piperidine rings is 1. The molecule has 1 aliphatic rings. The van der Waals surface area contributed by atoms with E-state index in [2.05, 4.69) is 20.2 Å². The van der Waals surface area contributed by atoms with E-state index < -0.39 is 5.97 Å². The molecule has 8 nitrogen and oxygen atoms in total. The van der Waals surface area contributed by atoms with Crippen molar-refractivity contribution in [1.29, 1.82) is 0 Å². The number of benzene rings is 1. The van der Waals surface area contributed by atoms with Gasteiger partial charge in [0.05, 0.1) is 24.1 Å². The van der Waals surface area contributed by atoms with E-state index in [1.54, 1.807) is 54.9 Å². The van der Waals surface area contributed by atoms with Crippen LogP contribution in [-0.2, 0) is 0 Å². The predicted molar refractivity (Wildman–Crippen MR) is 120 cm³/mol. The highest BCUT2D eigenvalue weighted by atomic mass is 16.5. The Balaban J connectivity index is 1.25. The Morgan fingerprint density at radius 1 is 1.06 bits per heavy atom. The van der Waals surface area contributed by atoms with Crippen molar-refractivity contribution in [2.75, 3.05) is 29.9 Å². The average molecular weight is 432 g/mol. The number of nitrogens with zero attached hydrogens (tertiary/aromatic N) is 3. The number of pyridine rings is 2. The van der Waals surface area contributed by atoms with E-state index in [1.807, 2.05) is 12.1 Å². The first-order chi connectivity index (χ1) is 15.6. The molecular formula is C24H24N4O4. The molecule has 1 saturated heterocycles. The number of amides is 1. The molecule has 0 aliphatic carbocycles. The van der Waals surface area contributed by atoms with Gasteiger partial charge in [-0.15, -0.1) is 0 Å². The lowest BCUT2D eigenvalue weighted by Gasteiger charge is -2.32. The van der Waals surface area contributed by atoms with Gasteiger partial charge in [0, 0.05) is 19.3 Å². The molecule has 2 aromatic heterocycles. The fraction of sp³-hybridized carbons (Fsp3) is 0.250. The quantitative estimate of drug-likeness (QED) is 0.586. The van der Waals surface area contributed by atoms with E-state index in [0.29, 0.717) is 29.7 Å². The summed E-state index contributed by atoms with van der Waals surface area (Å²) in [6.07, 6.45) is 5.15. The molecule has 32 heavy (non-hydrogen) atoms. The smallest absolute Gasteiger partial charge is 0.335 e. The molecule has 0 atom stereocenters. The lowest BCUT2D eigenvalue weighted by molar-refractivity contribution is 0.0696. The summed E-state index contributed by atoms with van der Waals surface area (Å²) in [6, 6.07) is 15.5. The number of carboxylic acids is 1. The number of aromatic nitrogens is 2. The number of ether oxygens (including phenoxy) is 1. The molecule has 4 rings (SSSR count). The van der Waals surface area contributed by atoms with E-state index in [4.69, 9.17) is 9.84 Å². The van der Waals surface area contributed by atoms with Gasteiger partial charge in [0.15, 0.2) is 0 Å². The van der Waals surface area contributed by atoms with Crippen molar-refractivity contribution in [3.05, 3.63) is 78.2 Å². The average Bonchev–Trinajstić information content (AvgIpc) is 2.84. The summed E-state index contributed by atoms with van der Waals surface area (Å²) in [5.74, 6) is 0.622. The molecular weight excluding hydrogens is 408 g/mol. The van der Waals surface area contributed by atoms with Crippen LogP contribution in [0.5, 0.6) is 5.75 Å². The zero-order valence-electron chi connectivity index (χ0n) is 17.5. The van der Waals surface area contributed by atoms with Crippen LogP contribution in [-0.4, -0.2) is 46.6 Å². The Labute approximate surface area is 185 Å². The molecule has 0 unspecified atom stereocenters. The number of rotatable bonds is 7. The minimum atomic E-state index is -0.960.